The van der Waals surface area contributed by atoms with Gasteiger partial charge in [0.05, 0.1) is 24.4 Å². The molecule has 1 saturated heterocycles. The van der Waals surface area contributed by atoms with Crippen LogP contribution >= 0.6 is 12.2 Å². The quantitative estimate of drug-likeness (QED) is 0.301. The lowest BCUT2D eigenvalue weighted by atomic mass is 10.00. The molecule has 4 aromatic rings. The molecule has 0 amide bonds. The molecule has 3 heterocycles. The summed E-state index contributed by atoms with van der Waals surface area (Å²) in [5.74, 6) is -0.356. The summed E-state index contributed by atoms with van der Waals surface area (Å²) in [6, 6.07) is 23.6. The third kappa shape index (κ3) is 4.19. The maximum absolute atomic E-state index is 11.9. The number of methoxy groups -OCH3 is 1. The van der Waals surface area contributed by atoms with Crippen molar-refractivity contribution in [1.82, 2.24) is 14.9 Å². The molecular formula is C28H26N4O2S. The summed E-state index contributed by atoms with van der Waals surface area (Å²) >= 11 is 5.87. The van der Waals surface area contributed by atoms with Crippen LogP contribution in [0, 0.1) is 13.8 Å². The van der Waals surface area contributed by atoms with Gasteiger partial charge in [0.1, 0.15) is 6.04 Å². The third-order valence-corrected chi connectivity index (χ3v) is 6.83. The van der Waals surface area contributed by atoms with E-state index in [9.17, 15) is 4.79 Å². The molecule has 0 spiro atoms. The molecule has 0 aliphatic carbocycles. The average Bonchev–Trinajstić information content (AvgIpc) is 3.50. The van der Waals surface area contributed by atoms with E-state index in [1.807, 2.05) is 42.6 Å². The number of pyridine rings is 1. The summed E-state index contributed by atoms with van der Waals surface area (Å²) < 4.78 is 6.98. The number of aryl methyl sites for hydroxylation is 2. The van der Waals surface area contributed by atoms with Crippen LogP contribution in [0.15, 0.2) is 85.2 Å². The van der Waals surface area contributed by atoms with Crippen LogP contribution in [0.1, 0.15) is 45.0 Å². The third-order valence-electron chi connectivity index (χ3n) is 6.52. The number of esters is 1. The molecule has 2 aromatic carbocycles. The highest BCUT2D eigenvalue weighted by atomic mass is 32.1. The van der Waals surface area contributed by atoms with Gasteiger partial charge >= 0.3 is 5.97 Å². The van der Waals surface area contributed by atoms with Gasteiger partial charge in [-0.3, -0.25) is 4.98 Å². The van der Waals surface area contributed by atoms with Crippen molar-refractivity contribution in [3.8, 4) is 5.69 Å². The van der Waals surface area contributed by atoms with Gasteiger partial charge in [-0.05, 0) is 97.9 Å². The van der Waals surface area contributed by atoms with E-state index in [1.165, 1.54) is 18.2 Å². The first kappa shape index (κ1) is 22.8. The van der Waals surface area contributed by atoms with Crippen molar-refractivity contribution in [3.63, 3.8) is 0 Å². The van der Waals surface area contributed by atoms with Gasteiger partial charge < -0.3 is 19.5 Å². The molecular weight excluding hydrogens is 456 g/mol. The molecule has 1 fully saturated rings. The van der Waals surface area contributed by atoms with Crippen LogP contribution in [0.25, 0.3) is 5.69 Å². The Morgan fingerprint density at radius 2 is 1.74 bits per heavy atom. The highest BCUT2D eigenvalue weighted by Crippen LogP contribution is 2.42. The Morgan fingerprint density at radius 1 is 0.971 bits per heavy atom. The highest BCUT2D eigenvalue weighted by Gasteiger charge is 2.42. The lowest BCUT2D eigenvalue weighted by Gasteiger charge is -2.29. The molecule has 1 aliphatic rings. The van der Waals surface area contributed by atoms with E-state index in [2.05, 4.69) is 57.9 Å². The van der Waals surface area contributed by atoms with Gasteiger partial charge in [0.2, 0.25) is 0 Å². The van der Waals surface area contributed by atoms with Gasteiger partial charge in [-0.2, -0.15) is 0 Å². The SMILES string of the molecule is COC(=O)c1ccc(-n2cccc2C2C(c3ccccn3)NC(=S)N2c2ccc(C)c(C)c2)cc1. The Kier molecular flexibility index (Phi) is 6.09. The van der Waals surface area contributed by atoms with E-state index in [4.69, 9.17) is 17.0 Å². The molecule has 35 heavy (non-hydrogen) atoms. The number of anilines is 1. The van der Waals surface area contributed by atoms with Crippen molar-refractivity contribution in [1.29, 1.82) is 0 Å². The number of benzene rings is 2. The molecule has 6 nitrogen and oxygen atoms in total. The summed E-state index contributed by atoms with van der Waals surface area (Å²) in [6.45, 7) is 4.22. The fourth-order valence-corrected chi connectivity index (χ4v) is 4.90. The predicted octanol–water partition coefficient (Wildman–Crippen LogP) is 5.45. The van der Waals surface area contributed by atoms with Crippen molar-refractivity contribution >= 4 is 29.0 Å². The maximum Gasteiger partial charge on any atom is 0.337 e. The van der Waals surface area contributed by atoms with Crippen molar-refractivity contribution in [2.75, 3.05) is 12.0 Å². The Hall–Kier alpha value is -3.97. The number of hydrogen-bond acceptors (Lipinski definition) is 4. The number of carbonyl (C=O) groups excluding carboxylic acids is 1. The topological polar surface area (TPSA) is 59.4 Å². The molecule has 2 aromatic heterocycles. The summed E-state index contributed by atoms with van der Waals surface area (Å²) in [7, 11) is 1.38. The lowest BCUT2D eigenvalue weighted by molar-refractivity contribution is 0.0600. The van der Waals surface area contributed by atoms with Gasteiger partial charge in [-0.1, -0.05) is 12.1 Å². The van der Waals surface area contributed by atoms with Gasteiger partial charge in [0.25, 0.3) is 0 Å². The number of hydrogen-bond donors (Lipinski definition) is 1. The van der Waals surface area contributed by atoms with Crippen molar-refractivity contribution in [2.24, 2.45) is 0 Å². The fraction of sp³-hybridized carbons (Fsp3) is 0.179. The first-order chi connectivity index (χ1) is 17.0. The van der Waals surface area contributed by atoms with Crippen molar-refractivity contribution < 1.29 is 9.53 Å². The second kappa shape index (κ2) is 9.35. The normalized spacial score (nSPS) is 17.3. The smallest absolute Gasteiger partial charge is 0.337 e. The second-order valence-electron chi connectivity index (χ2n) is 8.61. The average molecular weight is 483 g/mol. The van der Waals surface area contributed by atoms with E-state index in [-0.39, 0.29) is 18.1 Å². The number of nitrogens with one attached hydrogen (secondary N) is 1. The van der Waals surface area contributed by atoms with Crippen LogP contribution < -0.4 is 10.2 Å². The lowest BCUT2D eigenvalue weighted by Crippen LogP contribution is -2.30. The molecule has 176 valence electrons. The van der Waals surface area contributed by atoms with Gasteiger partial charge in [0.15, 0.2) is 5.11 Å². The molecule has 1 N–H and O–H groups in total. The maximum atomic E-state index is 11.9. The Balaban J connectivity index is 1.63. The number of carbonyl (C=O) groups is 1. The Morgan fingerprint density at radius 3 is 2.43 bits per heavy atom. The largest absolute Gasteiger partial charge is 0.465 e. The minimum absolute atomic E-state index is 0.144. The van der Waals surface area contributed by atoms with Crippen LogP contribution in [-0.4, -0.2) is 27.7 Å². The molecule has 2 atom stereocenters. The fourth-order valence-electron chi connectivity index (χ4n) is 4.56. The number of rotatable bonds is 5. The van der Waals surface area contributed by atoms with E-state index in [0.29, 0.717) is 10.7 Å². The summed E-state index contributed by atoms with van der Waals surface area (Å²) in [6.07, 6.45) is 3.83. The molecule has 2 unspecified atom stereocenters. The zero-order valence-electron chi connectivity index (χ0n) is 19.8. The zero-order chi connectivity index (χ0) is 24.5. The molecule has 5 rings (SSSR count). The van der Waals surface area contributed by atoms with E-state index in [0.717, 1.165) is 22.8 Å². The number of thiocarbonyl (C=S) groups is 1. The molecule has 7 heteroatoms. The summed E-state index contributed by atoms with van der Waals surface area (Å²) in [5.41, 5.74) is 6.89. The molecule has 0 bridgehead atoms. The Labute approximate surface area is 210 Å². The number of nitrogens with zero attached hydrogens (tertiary/aromatic N) is 3. The van der Waals surface area contributed by atoms with Crippen molar-refractivity contribution in [3.05, 3.63) is 113 Å². The predicted molar refractivity (Wildman–Crippen MR) is 141 cm³/mol. The minimum atomic E-state index is -0.356. The second-order valence-corrected chi connectivity index (χ2v) is 8.99. The number of aromatic nitrogens is 2. The van der Waals surface area contributed by atoms with Crippen LogP contribution in [0.5, 0.6) is 0 Å². The standard InChI is InChI=1S/C28H26N4O2S/c1-18-9-12-22(17-19(18)2)32-26(25(30-28(32)35)23-7-4-5-15-29-23)24-8-6-16-31(24)21-13-10-20(11-14-21)27(33)34-3/h4-17,25-26H,1-3H3,(H,30,35). The van der Waals surface area contributed by atoms with Crippen LogP contribution in [0.2, 0.25) is 0 Å². The number of ether oxygens (including phenoxy) is 1. The van der Waals surface area contributed by atoms with Crippen LogP contribution in [-0.2, 0) is 4.74 Å². The molecule has 0 saturated carbocycles. The van der Waals surface area contributed by atoms with E-state index in [1.54, 1.807) is 18.3 Å². The monoisotopic (exact) mass is 482 g/mol. The summed E-state index contributed by atoms with van der Waals surface area (Å²) in [4.78, 5) is 18.7. The van der Waals surface area contributed by atoms with E-state index < -0.39 is 0 Å². The highest BCUT2D eigenvalue weighted by molar-refractivity contribution is 7.80. The molecule has 1 aliphatic heterocycles. The summed E-state index contributed by atoms with van der Waals surface area (Å²) in [5, 5.41) is 4.18. The van der Waals surface area contributed by atoms with E-state index >= 15 is 0 Å². The van der Waals surface area contributed by atoms with Crippen molar-refractivity contribution in [2.45, 2.75) is 25.9 Å². The molecule has 0 radical (unpaired) electrons. The van der Waals surface area contributed by atoms with Gasteiger partial charge in [-0.25, -0.2) is 4.79 Å². The first-order valence-electron chi connectivity index (χ1n) is 11.4. The minimum Gasteiger partial charge on any atom is -0.465 e. The first-order valence-corrected chi connectivity index (χ1v) is 11.8. The Bertz CT molecular complexity index is 1380. The van der Waals surface area contributed by atoms with Crippen LogP contribution in [0.4, 0.5) is 5.69 Å². The zero-order valence-corrected chi connectivity index (χ0v) is 20.6. The van der Waals surface area contributed by atoms with Crippen LogP contribution in [0.3, 0.4) is 0 Å². The van der Waals surface area contributed by atoms with Gasteiger partial charge in [-0.15, -0.1) is 0 Å². The van der Waals surface area contributed by atoms with Gasteiger partial charge in [0, 0.05) is 29.5 Å².